The first-order valence-corrected chi connectivity index (χ1v) is 11.1. The average Bonchev–Trinajstić information content (AvgIpc) is 3.44. The van der Waals surface area contributed by atoms with E-state index < -0.39 is 0 Å². The number of ether oxygens (including phenoxy) is 1. The number of carbonyl (C=O) groups excluding carboxylic acids is 2. The van der Waals surface area contributed by atoms with Crippen LogP contribution in [0, 0.1) is 17.7 Å². The van der Waals surface area contributed by atoms with Crippen molar-refractivity contribution in [3.8, 4) is 5.75 Å². The second kappa shape index (κ2) is 10.3. The van der Waals surface area contributed by atoms with E-state index in [-0.39, 0.29) is 29.6 Å². The molecule has 1 heterocycles. The standard InChI is InChI=1S/C21H29FN2O3S/c1-14(16-8-9-18(22)19(11-16)27-13-15-6-7-15)24-28-10-4-2-3-5-17-12-20(25)23-21(17)26/h8-9,11,14-15,17,24H,2-7,10,12-13H2,1H3,(H,23,25,26). The molecule has 2 amide bonds. The second-order valence-corrected chi connectivity index (χ2v) is 8.73. The number of nitrogens with one attached hydrogen (secondary N) is 2. The second-order valence-electron chi connectivity index (χ2n) is 7.80. The maximum atomic E-state index is 13.9. The van der Waals surface area contributed by atoms with Crippen LogP contribution >= 0.6 is 11.9 Å². The van der Waals surface area contributed by atoms with Crippen molar-refractivity contribution in [2.75, 3.05) is 12.4 Å². The monoisotopic (exact) mass is 408 g/mol. The molecule has 0 radical (unpaired) electrons. The fourth-order valence-corrected chi connectivity index (χ4v) is 4.08. The molecule has 0 spiro atoms. The Hall–Kier alpha value is -1.60. The smallest absolute Gasteiger partial charge is 0.230 e. The lowest BCUT2D eigenvalue weighted by Crippen LogP contribution is -2.22. The van der Waals surface area contributed by atoms with Gasteiger partial charge in [-0.05, 0) is 56.2 Å². The first kappa shape index (κ1) is 21.1. The highest BCUT2D eigenvalue weighted by molar-refractivity contribution is 7.97. The van der Waals surface area contributed by atoms with Crippen molar-refractivity contribution in [3.05, 3.63) is 29.6 Å². The quantitative estimate of drug-likeness (QED) is 0.309. The van der Waals surface area contributed by atoms with Crippen molar-refractivity contribution in [1.29, 1.82) is 0 Å². The van der Waals surface area contributed by atoms with Gasteiger partial charge in [0.05, 0.1) is 6.61 Å². The van der Waals surface area contributed by atoms with Crippen molar-refractivity contribution < 1.29 is 18.7 Å². The largest absolute Gasteiger partial charge is 0.490 e. The molecule has 3 rings (SSSR count). The molecule has 2 aliphatic rings. The Morgan fingerprint density at radius 3 is 2.82 bits per heavy atom. The van der Waals surface area contributed by atoms with E-state index in [9.17, 15) is 14.0 Å². The van der Waals surface area contributed by atoms with Crippen LogP contribution in [0.5, 0.6) is 5.75 Å². The van der Waals surface area contributed by atoms with Crippen molar-refractivity contribution >= 4 is 23.8 Å². The summed E-state index contributed by atoms with van der Waals surface area (Å²) in [6, 6.07) is 5.17. The molecule has 1 saturated carbocycles. The van der Waals surface area contributed by atoms with Crippen LogP contribution in [0.15, 0.2) is 18.2 Å². The van der Waals surface area contributed by atoms with Crippen LogP contribution in [0.3, 0.4) is 0 Å². The normalized spacial score (nSPS) is 20.3. The van der Waals surface area contributed by atoms with E-state index in [0.717, 1.165) is 37.0 Å². The van der Waals surface area contributed by atoms with Crippen LogP contribution < -0.4 is 14.8 Å². The summed E-state index contributed by atoms with van der Waals surface area (Å²) in [5.74, 6) is 1.21. The van der Waals surface area contributed by atoms with Gasteiger partial charge in [0.25, 0.3) is 0 Å². The lowest BCUT2D eigenvalue weighted by atomic mass is 10.00. The summed E-state index contributed by atoms with van der Waals surface area (Å²) in [5, 5.41) is 2.36. The Morgan fingerprint density at radius 2 is 2.11 bits per heavy atom. The van der Waals surface area contributed by atoms with Gasteiger partial charge in [-0.1, -0.05) is 30.9 Å². The molecular weight excluding hydrogens is 379 g/mol. The van der Waals surface area contributed by atoms with Crippen molar-refractivity contribution in [2.45, 2.75) is 57.9 Å². The Bertz CT molecular complexity index is 696. The molecular formula is C21H29FN2O3S. The summed E-state index contributed by atoms with van der Waals surface area (Å²) >= 11 is 1.66. The summed E-state index contributed by atoms with van der Waals surface area (Å²) in [6.07, 6.45) is 6.54. The molecule has 2 atom stereocenters. The van der Waals surface area contributed by atoms with Gasteiger partial charge in [-0.15, -0.1) is 0 Å². The van der Waals surface area contributed by atoms with E-state index in [1.807, 2.05) is 0 Å². The molecule has 2 fully saturated rings. The Labute approximate surface area is 170 Å². The third-order valence-electron chi connectivity index (χ3n) is 5.25. The maximum absolute atomic E-state index is 13.9. The summed E-state index contributed by atoms with van der Waals surface area (Å²) in [6.45, 7) is 2.66. The van der Waals surface area contributed by atoms with E-state index in [0.29, 0.717) is 24.7 Å². The average molecular weight is 409 g/mol. The highest BCUT2D eigenvalue weighted by atomic mass is 32.2. The van der Waals surface area contributed by atoms with E-state index >= 15 is 0 Å². The van der Waals surface area contributed by atoms with Crippen LogP contribution in [0.25, 0.3) is 0 Å². The lowest BCUT2D eigenvalue weighted by molar-refractivity contribution is -0.125. The fourth-order valence-electron chi connectivity index (χ4n) is 3.23. The summed E-state index contributed by atoms with van der Waals surface area (Å²) in [4.78, 5) is 22.7. The lowest BCUT2D eigenvalue weighted by Gasteiger charge is -2.15. The minimum Gasteiger partial charge on any atom is -0.490 e. The van der Waals surface area contributed by atoms with Gasteiger partial charge in [-0.25, -0.2) is 4.39 Å². The van der Waals surface area contributed by atoms with Crippen LogP contribution in [0.1, 0.15) is 63.5 Å². The van der Waals surface area contributed by atoms with Crippen LogP contribution in [0.4, 0.5) is 4.39 Å². The number of rotatable bonds is 12. The van der Waals surface area contributed by atoms with Crippen LogP contribution in [-0.4, -0.2) is 24.2 Å². The molecule has 2 N–H and O–H groups in total. The van der Waals surface area contributed by atoms with Gasteiger partial charge >= 0.3 is 0 Å². The fraction of sp³-hybridized carbons (Fsp3) is 0.619. The van der Waals surface area contributed by atoms with Gasteiger partial charge in [0.1, 0.15) is 0 Å². The highest BCUT2D eigenvalue weighted by Gasteiger charge is 2.29. The third kappa shape index (κ3) is 6.48. The van der Waals surface area contributed by atoms with Gasteiger partial charge in [0.15, 0.2) is 11.6 Å². The van der Waals surface area contributed by atoms with Crippen molar-refractivity contribution in [1.82, 2.24) is 10.0 Å². The first-order chi connectivity index (χ1) is 13.5. The molecule has 1 aromatic rings. The zero-order valence-corrected chi connectivity index (χ0v) is 17.2. The molecule has 1 aromatic carbocycles. The molecule has 154 valence electrons. The molecule has 2 unspecified atom stereocenters. The zero-order valence-electron chi connectivity index (χ0n) is 16.3. The number of hydrogen-bond donors (Lipinski definition) is 2. The third-order valence-corrected chi connectivity index (χ3v) is 6.26. The summed E-state index contributed by atoms with van der Waals surface area (Å²) < 4.78 is 22.9. The Kier molecular flexibility index (Phi) is 7.73. The predicted octanol–water partition coefficient (Wildman–Crippen LogP) is 4.14. The Morgan fingerprint density at radius 1 is 1.29 bits per heavy atom. The van der Waals surface area contributed by atoms with Gasteiger partial charge in [-0.3, -0.25) is 19.6 Å². The Balaban J connectivity index is 1.29. The van der Waals surface area contributed by atoms with Crippen molar-refractivity contribution in [2.24, 2.45) is 11.8 Å². The molecule has 0 aromatic heterocycles. The maximum Gasteiger partial charge on any atom is 0.230 e. The molecule has 7 heteroatoms. The van der Waals surface area contributed by atoms with Gasteiger partial charge in [-0.2, -0.15) is 0 Å². The van der Waals surface area contributed by atoms with E-state index in [1.54, 1.807) is 24.1 Å². The number of amides is 2. The predicted molar refractivity (Wildman–Crippen MR) is 108 cm³/mol. The van der Waals surface area contributed by atoms with Crippen LogP contribution in [-0.2, 0) is 9.59 Å². The summed E-state index contributed by atoms with van der Waals surface area (Å²) in [7, 11) is 0. The minimum atomic E-state index is -0.304. The van der Waals surface area contributed by atoms with Crippen LogP contribution in [0.2, 0.25) is 0 Å². The van der Waals surface area contributed by atoms with Gasteiger partial charge in [0, 0.05) is 24.1 Å². The minimum absolute atomic E-state index is 0.0991. The zero-order chi connectivity index (χ0) is 19.9. The summed E-state index contributed by atoms with van der Waals surface area (Å²) in [5.41, 5.74) is 1.01. The van der Waals surface area contributed by atoms with Crippen molar-refractivity contribution in [3.63, 3.8) is 0 Å². The molecule has 0 bridgehead atoms. The topological polar surface area (TPSA) is 67.4 Å². The number of unbranched alkanes of at least 4 members (excludes halogenated alkanes) is 2. The number of carbonyl (C=O) groups is 2. The van der Waals surface area contributed by atoms with E-state index in [2.05, 4.69) is 17.0 Å². The molecule has 28 heavy (non-hydrogen) atoms. The molecule has 1 saturated heterocycles. The van der Waals surface area contributed by atoms with E-state index in [1.165, 1.54) is 18.9 Å². The van der Waals surface area contributed by atoms with Gasteiger partial charge in [0.2, 0.25) is 11.8 Å². The number of hydrogen-bond acceptors (Lipinski definition) is 5. The highest BCUT2D eigenvalue weighted by Crippen LogP contribution is 2.31. The number of imide groups is 1. The number of halogens is 1. The molecule has 5 nitrogen and oxygen atoms in total. The number of benzene rings is 1. The first-order valence-electron chi connectivity index (χ1n) is 10.2. The SMILES string of the molecule is CC(NSCCCCCC1CC(=O)NC1=O)c1ccc(F)c(OCC2CC2)c1. The van der Waals surface area contributed by atoms with Gasteiger partial charge < -0.3 is 4.74 Å². The van der Waals surface area contributed by atoms with E-state index in [4.69, 9.17) is 4.74 Å². The molecule has 1 aliphatic carbocycles. The molecule has 1 aliphatic heterocycles.